The van der Waals surface area contributed by atoms with E-state index in [1.165, 1.54) is 65.7 Å². The van der Waals surface area contributed by atoms with Crippen LogP contribution in [0.4, 0.5) is 28.4 Å². The van der Waals surface area contributed by atoms with Crippen molar-refractivity contribution in [3.05, 3.63) is 278 Å². The summed E-state index contributed by atoms with van der Waals surface area (Å²) in [4.78, 5) is 5.05. The van der Waals surface area contributed by atoms with Gasteiger partial charge < -0.3 is 14.4 Å². The Balaban J connectivity index is 1.12. The second-order valence-electron chi connectivity index (χ2n) is 17.2. The molecular formula is C63H43N3. The Bertz CT molecular complexity index is 3730. The number of benzene rings is 11. The van der Waals surface area contributed by atoms with Gasteiger partial charge in [0.25, 0.3) is 0 Å². The van der Waals surface area contributed by atoms with E-state index in [4.69, 9.17) is 0 Å². The maximum absolute atomic E-state index is 2.56. The summed E-state index contributed by atoms with van der Waals surface area (Å²) in [5.74, 6) is 0. The van der Waals surface area contributed by atoms with E-state index in [-0.39, 0.29) is 0 Å². The summed E-state index contributed by atoms with van der Waals surface area (Å²) >= 11 is 0. The average Bonchev–Trinajstić information content (AvgIpc) is 3.87. The molecule has 0 amide bonds. The molecule has 0 bridgehead atoms. The zero-order valence-electron chi connectivity index (χ0n) is 36.2. The molecule has 1 aliphatic carbocycles. The molecule has 0 radical (unpaired) electrons. The Hall–Kier alpha value is -8.66. The first-order chi connectivity index (χ1) is 32.8. The molecule has 3 nitrogen and oxygen atoms in total. The molecule has 0 spiro atoms. The fourth-order valence-electron chi connectivity index (χ4n) is 11.0. The summed E-state index contributed by atoms with van der Waals surface area (Å²) in [7, 11) is 0. The zero-order chi connectivity index (χ0) is 43.6. The van der Waals surface area contributed by atoms with Crippen molar-refractivity contribution in [3.63, 3.8) is 0 Å². The number of para-hydroxylation sites is 3. The molecule has 12 aromatic rings. The molecule has 1 aliphatic rings. The van der Waals surface area contributed by atoms with Gasteiger partial charge in [-0.05, 0) is 105 Å². The quantitative estimate of drug-likeness (QED) is 0.151. The van der Waals surface area contributed by atoms with Crippen molar-refractivity contribution in [1.29, 1.82) is 0 Å². The van der Waals surface area contributed by atoms with Gasteiger partial charge in [0, 0.05) is 44.3 Å². The molecule has 66 heavy (non-hydrogen) atoms. The van der Waals surface area contributed by atoms with Gasteiger partial charge in [-0.2, -0.15) is 0 Å². The van der Waals surface area contributed by atoms with Gasteiger partial charge in [-0.25, -0.2) is 0 Å². The second-order valence-corrected chi connectivity index (χ2v) is 17.2. The van der Waals surface area contributed by atoms with Crippen molar-refractivity contribution in [2.75, 3.05) is 9.80 Å². The predicted molar refractivity (Wildman–Crippen MR) is 277 cm³/mol. The van der Waals surface area contributed by atoms with Gasteiger partial charge in [-0.3, -0.25) is 0 Å². The molecule has 0 N–H and O–H groups in total. The molecular weight excluding hydrogens is 799 g/mol. The summed E-state index contributed by atoms with van der Waals surface area (Å²) in [5.41, 5.74) is 14.4. The van der Waals surface area contributed by atoms with E-state index < -0.39 is 5.54 Å². The van der Waals surface area contributed by atoms with Crippen molar-refractivity contribution in [3.8, 4) is 16.8 Å². The zero-order valence-corrected chi connectivity index (χ0v) is 36.2. The van der Waals surface area contributed by atoms with E-state index in [0.29, 0.717) is 0 Å². The largest absolute Gasteiger partial charge is 0.323 e. The third kappa shape index (κ3) is 5.70. The molecule has 0 aliphatic heterocycles. The molecule has 1 atom stereocenters. The van der Waals surface area contributed by atoms with Crippen LogP contribution in [-0.2, 0) is 5.54 Å². The van der Waals surface area contributed by atoms with Gasteiger partial charge >= 0.3 is 0 Å². The standard InChI is InChI=1S/C63H43N3/c1-4-24-46(25-5-1)63(66(47-26-6-2-7-27-47)48-28-8-3-9-29-48)57-34-16-14-32-53(57)54-40-38-49(42-58(54)63)64(59-36-18-22-44-20-10-12-30-51(44)59)50-39-41-56-55-33-15-17-35-61(55)65(62(56)43-50)60-37-19-23-45-21-11-13-31-52(45)60/h1-43H. The predicted octanol–water partition coefficient (Wildman–Crippen LogP) is 16.7. The highest BCUT2D eigenvalue weighted by Gasteiger charge is 2.50. The van der Waals surface area contributed by atoms with Crippen LogP contribution in [0.3, 0.4) is 0 Å². The number of anilines is 5. The van der Waals surface area contributed by atoms with Crippen molar-refractivity contribution in [2.24, 2.45) is 0 Å². The van der Waals surface area contributed by atoms with Crippen LogP contribution >= 0.6 is 0 Å². The molecule has 3 heteroatoms. The Morgan fingerprint density at radius 3 is 1.61 bits per heavy atom. The van der Waals surface area contributed by atoms with Crippen molar-refractivity contribution < 1.29 is 0 Å². The molecule has 13 rings (SSSR count). The lowest BCUT2D eigenvalue weighted by molar-refractivity contribution is 0.644. The first-order valence-corrected chi connectivity index (χ1v) is 22.8. The summed E-state index contributed by atoms with van der Waals surface area (Å²) in [6.45, 7) is 0. The minimum Gasteiger partial charge on any atom is -0.323 e. The lowest BCUT2D eigenvalue weighted by Gasteiger charge is -2.45. The number of hydrogen-bond donors (Lipinski definition) is 0. The summed E-state index contributed by atoms with van der Waals surface area (Å²) < 4.78 is 2.47. The number of aromatic nitrogens is 1. The highest BCUT2D eigenvalue weighted by molar-refractivity contribution is 6.12. The lowest BCUT2D eigenvalue weighted by atomic mass is 9.78. The SMILES string of the molecule is c1ccc(N(c2ccccc2)C2(c3ccccc3)c3ccccc3-c3ccc(N(c4ccc5c6ccccc6n(-c6cccc7ccccc67)c5c4)c4cccc5ccccc45)cc32)cc1. The maximum Gasteiger partial charge on any atom is 0.122 e. The Morgan fingerprint density at radius 1 is 0.318 bits per heavy atom. The molecule has 1 heterocycles. The first kappa shape index (κ1) is 37.9. The Labute approximate surface area is 384 Å². The monoisotopic (exact) mass is 841 g/mol. The number of nitrogens with zero attached hydrogens (tertiary/aromatic N) is 3. The normalized spacial score (nSPS) is 14.1. The molecule has 11 aromatic carbocycles. The van der Waals surface area contributed by atoms with Gasteiger partial charge in [0.2, 0.25) is 0 Å². The topological polar surface area (TPSA) is 11.4 Å². The number of rotatable bonds is 8. The van der Waals surface area contributed by atoms with Gasteiger partial charge in [-0.15, -0.1) is 0 Å². The smallest absolute Gasteiger partial charge is 0.122 e. The van der Waals surface area contributed by atoms with Gasteiger partial charge in [0.1, 0.15) is 5.54 Å². The van der Waals surface area contributed by atoms with Crippen LogP contribution in [0.1, 0.15) is 16.7 Å². The fraction of sp³-hybridized carbons (Fsp3) is 0.0159. The molecule has 310 valence electrons. The van der Waals surface area contributed by atoms with Crippen LogP contribution in [0.25, 0.3) is 60.2 Å². The van der Waals surface area contributed by atoms with E-state index in [9.17, 15) is 0 Å². The summed E-state index contributed by atoms with van der Waals surface area (Å²) in [6, 6.07) is 95.8. The summed E-state index contributed by atoms with van der Waals surface area (Å²) in [6.07, 6.45) is 0. The average molecular weight is 842 g/mol. The van der Waals surface area contributed by atoms with Gasteiger partial charge in [0.05, 0.1) is 22.4 Å². The Morgan fingerprint density at radius 2 is 0.848 bits per heavy atom. The highest BCUT2D eigenvalue weighted by atomic mass is 15.2. The summed E-state index contributed by atoms with van der Waals surface area (Å²) in [5, 5.41) is 7.26. The minimum atomic E-state index is -0.749. The van der Waals surface area contributed by atoms with Crippen LogP contribution in [0, 0.1) is 0 Å². The van der Waals surface area contributed by atoms with Crippen molar-refractivity contribution in [2.45, 2.75) is 5.54 Å². The highest BCUT2D eigenvalue weighted by Crippen LogP contribution is 2.59. The number of fused-ring (bicyclic) bond motifs is 8. The van der Waals surface area contributed by atoms with E-state index >= 15 is 0 Å². The molecule has 1 aromatic heterocycles. The molecule has 0 saturated carbocycles. The van der Waals surface area contributed by atoms with Crippen molar-refractivity contribution in [1.82, 2.24) is 4.57 Å². The maximum atomic E-state index is 2.56. The first-order valence-electron chi connectivity index (χ1n) is 22.8. The Kier molecular flexibility index (Phi) is 8.75. The van der Waals surface area contributed by atoms with Gasteiger partial charge in [-0.1, -0.05) is 194 Å². The number of hydrogen-bond acceptors (Lipinski definition) is 2. The van der Waals surface area contributed by atoms with Crippen LogP contribution < -0.4 is 9.80 Å². The molecule has 0 fully saturated rings. The third-order valence-corrected chi connectivity index (χ3v) is 13.7. The van der Waals surface area contributed by atoms with E-state index in [2.05, 4.69) is 275 Å². The van der Waals surface area contributed by atoms with E-state index in [1.54, 1.807) is 0 Å². The van der Waals surface area contributed by atoms with Crippen LogP contribution in [-0.4, -0.2) is 4.57 Å². The van der Waals surface area contributed by atoms with Crippen LogP contribution in [0.15, 0.2) is 261 Å². The van der Waals surface area contributed by atoms with Crippen LogP contribution in [0.5, 0.6) is 0 Å². The van der Waals surface area contributed by atoms with Crippen LogP contribution in [0.2, 0.25) is 0 Å². The minimum absolute atomic E-state index is 0.749. The third-order valence-electron chi connectivity index (χ3n) is 13.7. The van der Waals surface area contributed by atoms with Crippen molar-refractivity contribution >= 4 is 71.8 Å². The van der Waals surface area contributed by atoms with Gasteiger partial charge in [0.15, 0.2) is 0 Å². The fourth-order valence-corrected chi connectivity index (χ4v) is 11.0. The molecule has 1 unspecified atom stereocenters. The van der Waals surface area contributed by atoms with E-state index in [0.717, 1.165) is 39.6 Å². The lowest BCUT2D eigenvalue weighted by Crippen LogP contribution is -2.44. The van der Waals surface area contributed by atoms with E-state index in [1.807, 2.05) is 0 Å². The molecule has 0 saturated heterocycles. The second kappa shape index (κ2) is 15.3.